The summed E-state index contributed by atoms with van der Waals surface area (Å²) in [6, 6.07) is 0. The highest BCUT2D eigenvalue weighted by Gasteiger charge is 1.79. The topological polar surface area (TPSA) is 26.0 Å². The predicted octanol–water partition coefficient (Wildman–Crippen LogP) is 1.93. The van der Waals surface area contributed by atoms with E-state index in [0.29, 0.717) is 6.54 Å². The van der Waals surface area contributed by atoms with Gasteiger partial charge in [0.1, 0.15) is 5.83 Å². The lowest BCUT2D eigenvalue weighted by Crippen LogP contribution is -1.98. The van der Waals surface area contributed by atoms with Crippen molar-refractivity contribution in [2.24, 2.45) is 5.73 Å². The number of rotatable bonds is 3. The van der Waals surface area contributed by atoms with E-state index >= 15 is 0 Å². The van der Waals surface area contributed by atoms with Crippen molar-refractivity contribution in [3.63, 3.8) is 0 Å². The second-order valence-corrected chi connectivity index (χ2v) is 2.02. The van der Waals surface area contributed by atoms with Crippen molar-refractivity contribution in [2.75, 3.05) is 6.54 Å². The maximum atomic E-state index is 11.9. The normalized spacial score (nSPS) is 12.5. The average molecular weight is 141 g/mol. The largest absolute Gasteiger partial charge is 0.327 e. The van der Waals surface area contributed by atoms with Crippen LogP contribution in [0.5, 0.6) is 0 Å². The third-order valence-corrected chi connectivity index (χ3v) is 0.980. The average Bonchev–Trinajstić information content (AvgIpc) is 1.87. The molecule has 0 bridgehead atoms. The van der Waals surface area contributed by atoms with E-state index in [1.807, 2.05) is 6.92 Å². The Balaban J connectivity index is 3.82. The number of allylic oxidation sites excluding steroid dienone is 4. The highest BCUT2D eigenvalue weighted by molar-refractivity contribution is 5.17. The van der Waals surface area contributed by atoms with E-state index in [0.717, 1.165) is 5.57 Å². The summed E-state index contributed by atoms with van der Waals surface area (Å²) in [6.45, 7) is 5.45. The Morgan fingerprint density at radius 2 is 2.30 bits per heavy atom. The highest BCUT2D eigenvalue weighted by atomic mass is 19.1. The van der Waals surface area contributed by atoms with Gasteiger partial charge in [0.25, 0.3) is 0 Å². The van der Waals surface area contributed by atoms with E-state index in [1.54, 1.807) is 12.2 Å². The quantitative estimate of drug-likeness (QED) is 0.597. The second-order valence-electron chi connectivity index (χ2n) is 2.02. The Labute approximate surface area is 60.7 Å². The highest BCUT2D eigenvalue weighted by Crippen LogP contribution is 1.95. The van der Waals surface area contributed by atoms with Crippen LogP contribution in [0.4, 0.5) is 4.39 Å². The summed E-state index contributed by atoms with van der Waals surface area (Å²) in [5.41, 5.74) is 6.28. The zero-order chi connectivity index (χ0) is 7.98. The molecule has 0 saturated carbocycles. The Hall–Kier alpha value is -0.890. The van der Waals surface area contributed by atoms with Gasteiger partial charge in [0.05, 0.1) is 0 Å². The van der Waals surface area contributed by atoms with Gasteiger partial charge >= 0.3 is 0 Å². The molecule has 0 amide bonds. The molecule has 0 unspecified atom stereocenters. The van der Waals surface area contributed by atoms with E-state index in [2.05, 4.69) is 6.58 Å². The van der Waals surface area contributed by atoms with Gasteiger partial charge in [-0.25, -0.2) is 4.39 Å². The smallest absolute Gasteiger partial charge is 0.116 e. The maximum Gasteiger partial charge on any atom is 0.116 e. The molecule has 0 aromatic heterocycles. The molecule has 56 valence electrons. The Bertz CT molecular complexity index is 168. The molecule has 2 heteroatoms. The van der Waals surface area contributed by atoms with Crippen LogP contribution in [0.3, 0.4) is 0 Å². The fourth-order valence-electron chi connectivity index (χ4n) is 0.385. The fourth-order valence-corrected chi connectivity index (χ4v) is 0.385. The minimum absolute atomic E-state index is 0.443. The van der Waals surface area contributed by atoms with Crippen LogP contribution in [-0.2, 0) is 0 Å². The first kappa shape index (κ1) is 9.11. The lowest BCUT2D eigenvalue weighted by Gasteiger charge is -1.88. The van der Waals surface area contributed by atoms with E-state index in [9.17, 15) is 4.39 Å². The third-order valence-electron chi connectivity index (χ3n) is 0.980. The molecule has 0 saturated heterocycles. The lowest BCUT2D eigenvalue weighted by molar-refractivity contribution is 0.671. The standard InChI is InChI=1S/C8H12FN/c1-7(6-10)4-3-5-8(2)9/h3-5H,2,6,10H2,1H3/b5-3-,7-4+. The van der Waals surface area contributed by atoms with Crippen molar-refractivity contribution >= 4 is 0 Å². The number of halogens is 1. The second kappa shape index (κ2) is 4.94. The van der Waals surface area contributed by atoms with Gasteiger partial charge in [-0.3, -0.25) is 0 Å². The minimum atomic E-state index is -0.443. The first-order valence-electron chi connectivity index (χ1n) is 3.05. The van der Waals surface area contributed by atoms with Crippen LogP contribution in [0.25, 0.3) is 0 Å². The zero-order valence-electron chi connectivity index (χ0n) is 6.10. The molecule has 0 heterocycles. The van der Waals surface area contributed by atoms with Crippen LogP contribution in [0.1, 0.15) is 6.92 Å². The molecule has 0 rings (SSSR count). The van der Waals surface area contributed by atoms with Gasteiger partial charge in [0.2, 0.25) is 0 Å². The number of hydrogen-bond donors (Lipinski definition) is 1. The molecule has 1 nitrogen and oxygen atoms in total. The van der Waals surface area contributed by atoms with Gasteiger partial charge in [0, 0.05) is 6.54 Å². The lowest BCUT2D eigenvalue weighted by atomic mass is 10.3. The molecule has 0 spiro atoms. The van der Waals surface area contributed by atoms with Crippen LogP contribution in [0.2, 0.25) is 0 Å². The molecule has 0 radical (unpaired) electrons. The molecule has 0 atom stereocenters. The van der Waals surface area contributed by atoms with Gasteiger partial charge in [-0.1, -0.05) is 24.3 Å². The number of nitrogens with two attached hydrogens (primary N) is 1. The van der Waals surface area contributed by atoms with Crippen molar-refractivity contribution in [1.82, 2.24) is 0 Å². The molecule has 10 heavy (non-hydrogen) atoms. The fraction of sp³-hybridized carbons (Fsp3) is 0.250. The van der Waals surface area contributed by atoms with Gasteiger partial charge in [0.15, 0.2) is 0 Å². The Kier molecular flexibility index (Phi) is 4.50. The van der Waals surface area contributed by atoms with Gasteiger partial charge in [-0.15, -0.1) is 0 Å². The summed E-state index contributed by atoms with van der Waals surface area (Å²) in [6.07, 6.45) is 4.63. The van der Waals surface area contributed by atoms with Crippen molar-refractivity contribution in [2.45, 2.75) is 6.92 Å². The summed E-state index contributed by atoms with van der Waals surface area (Å²) in [4.78, 5) is 0. The molecule has 0 fully saturated rings. The van der Waals surface area contributed by atoms with Crippen LogP contribution < -0.4 is 5.73 Å². The number of hydrogen-bond acceptors (Lipinski definition) is 1. The maximum absolute atomic E-state index is 11.9. The summed E-state index contributed by atoms with van der Waals surface area (Å²) in [5, 5.41) is 0. The monoisotopic (exact) mass is 141 g/mol. The molecule has 0 aliphatic heterocycles. The summed E-state index contributed by atoms with van der Waals surface area (Å²) in [7, 11) is 0. The Morgan fingerprint density at radius 3 is 2.70 bits per heavy atom. The molecule has 0 aromatic carbocycles. The van der Waals surface area contributed by atoms with E-state index < -0.39 is 5.83 Å². The van der Waals surface area contributed by atoms with Gasteiger partial charge in [-0.05, 0) is 13.0 Å². The minimum Gasteiger partial charge on any atom is -0.327 e. The first-order chi connectivity index (χ1) is 4.66. The van der Waals surface area contributed by atoms with Crippen molar-refractivity contribution in [3.8, 4) is 0 Å². The SMILES string of the molecule is C=C(F)/C=C\C=C(/C)CN. The van der Waals surface area contributed by atoms with Crippen LogP contribution in [0.15, 0.2) is 36.2 Å². The van der Waals surface area contributed by atoms with Crippen LogP contribution >= 0.6 is 0 Å². The van der Waals surface area contributed by atoms with Crippen molar-refractivity contribution < 1.29 is 4.39 Å². The Morgan fingerprint density at radius 1 is 1.70 bits per heavy atom. The summed E-state index contributed by atoms with van der Waals surface area (Å²) >= 11 is 0. The predicted molar refractivity (Wildman–Crippen MR) is 42.2 cm³/mol. The van der Waals surface area contributed by atoms with E-state index in [-0.39, 0.29) is 0 Å². The van der Waals surface area contributed by atoms with E-state index in [4.69, 9.17) is 5.73 Å². The molecule has 0 aliphatic rings. The van der Waals surface area contributed by atoms with Crippen LogP contribution in [-0.4, -0.2) is 6.54 Å². The first-order valence-corrected chi connectivity index (χ1v) is 3.05. The summed E-state index contributed by atoms with van der Waals surface area (Å²) in [5.74, 6) is -0.443. The molecular weight excluding hydrogens is 129 g/mol. The third kappa shape index (κ3) is 5.25. The van der Waals surface area contributed by atoms with Gasteiger partial charge in [-0.2, -0.15) is 0 Å². The zero-order valence-corrected chi connectivity index (χ0v) is 6.10. The molecule has 2 N–H and O–H groups in total. The van der Waals surface area contributed by atoms with Crippen molar-refractivity contribution in [1.29, 1.82) is 0 Å². The van der Waals surface area contributed by atoms with Gasteiger partial charge < -0.3 is 5.73 Å². The molecule has 0 aromatic rings. The summed E-state index contributed by atoms with van der Waals surface area (Å²) < 4.78 is 11.9. The molecular formula is C8H12FN. The van der Waals surface area contributed by atoms with Crippen LogP contribution in [0, 0.1) is 0 Å². The van der Waals surface area contributed by atoms with Crippen molar-refractivity contribution in [3.05, 3.63) is 36.2 Å². The molecule has 0 aliphatic carbocycles. The van der Waals surface area contributed by atoms with E-state index in [1.165, 1.54) is 6.08 Å².